The maximum absolute atomic E-state index is 11.7. The lowest BCUT2D eigenvalue weighted by Gasteiger charge is -2.06. The van der Waals surface area contributed by atoms with Crippen molar-refractivity contribution in [1.29, 1.82) is 0 Å². The Kier molecular flexibility index (Phi) is 3.33. The molecule has 4 nitrogen and oxygen atoms in total. The van der Waals surface area contributed by atoms with Gasteiger partial charge in [0.15, 0.2) is 10.8 Å². The predicted octanol–water partition coefficient (Wildman–Crippen LogP) is 2.07. The van der Waals surface area contributed by atoms with E-state index in [9.17, 15) is 9.59 Å². The number of hydrogen-bond donors (Lipinski definition) is 1. The molecule has 0 saturated carbocycles. The zero-order valence-electron chi connectivity index (χ0n) is 8.86. The largest absolute Gasteiger partial charge is 0.481 e. The van der Waals surface area contributed by atoms with Crippen LogP contribution in [-0.4, -0.2) is 21.8 Å². The summed E-state index contributed by atoms with van der Waals surface area (Å²) >= 11 is 1.44. The topological polar surface area (TPSA) is 67.3 Å². The van der Waals surface area contributed by atoms with Crippen LogP contribution in [0, 0.1) is 0 Å². The van der Waals surface area contributed by atoms with Gasteiger partial charge in [-0.2, -0.15) is 0 Å². The number of aromatic nitrogens is 1. The molecule has 0 saturated heterocycles. The number of carbonyl (C=O) groups excluding carboxylic acids is 1. The van der Waals surface area contributed by atoms with Crippen LogP contribution in [0.3, 0.4) is 0 Å². The number of aryl methyl sites for hydroxylation is 2. The van der Waals surface area contributed by atoms with Crippen molar-refractivity contribution in [3.8, 4) is 0 Å². The fourth-order valence-electron chi connectivity index (χ4n) is 1.80. The molecule has 1 aromatic heterocycles. The van der Waals surface area contributed by atoms with Crippen molar-refractivity contribution in [2.45, 2.75) is 38.5 Å². The maximum Gasteiger partial charge on any atom is 0.303 e. The zero-order chi connectivity index (χ0) is 11.5. The van der Waals surface area contributed by atoms with E-state index in [1.165, 1.54) is 16.2 Å². The lowest BCUT2D eigenvalue weighted by atomic mass is 10.0. The fraction of sp³-hybridized carbons (Fsp3) is 0.545. The SMILES string of the molecule is O=C(O)CCC(=O)c1nc2c(s1)CCCC2. The Morgan fingerprint density at radius 3 is 2.69 bits per heavy atom. The molecule has 0 radical (unpaired) electrons. The van der Waals surface area contributed by atoms with Gasteiger partial charge < -0.3 is 5.11 Å². The molecule has 1 aliphatic carbocycles. The monoisotopic (exact) mass is 239 g/mol. The van der Waals surface area contributed by atoms with Gasteiger partial charge in [-0.1, -0.05) is 0 Å². The van der Waals surface area contributed by atoms with Crippen molar-refractivity contribution in [3.63, 3.8) is 0 Å². The molecule has 0 amide bonds. The predicted molar refractivity (Wildman–Crippen MR) is 60.0 cm³/mol. The molecule has 1 heterocycles. The minimum Gasteiger partial charge on any atom is -0.481 e. The molecule has 0 unspecified atom stereocenters. The van der Waals surface area contributed by atoms with Gasteiger partial charge in [0.2, 0.25) is 0 Å². The van der Waals surface area contributed by atoms with Crippen LogP contribution in [0.4, 0.5) is 0 Å². The number of thiazole rings is 1. The highest BCUT2D eigenvalue weighted by Gasteiger charge is 2.19. The summed E-state index contributed by atoms with van der Waals surface area (Å²) < 4.78 is 0. The second kappa shape index (κ2) is 4.74. The number of carboxylic acid groups (broad SMARTS) is 1. The zero-order valence-corrected chi connectivity index (χ0v) is 9.68. The van der Waals surface area contributed by atoms with Crippen molar-refractivity contribution in [2.24, 2.45) is 0 Å². The van der Waals surface area contributed by atoms with E-state index >= 15 is 0 Å². The normalized spacial score (nSPS) is 14.5. The van der Waals surface area contributed by atoms with Gasteiger partial charge in [0.05, 0.1) is 12.1 Å². The van der Waals surface area contributed by atoms with Gasteiger partial charge in [0, 0.05) is 11.3 Å². The summed E-state index contributed by atoms with van der Waals surface area (Å²) in [6.45, 7) is 0. The molecule has 0 spiro atoms. The van der Waals surface area contributed by atoms with E-state index in [4.69, 9.17) is 5.11 Å². The highest BCUT2D eigenvalue weighted by atomic mass is 32.1. The maximum atomic E-state index is 11.7. The average Bonchev–Trinajstić information content (AvgIpc) is 2.69. The Labute approximate surface area is 97.3 Å². The van der Waals surface area contributed by atoms with Crippen molar-refractivity contribution < 1.29 is 14.7 Å². The third-order valence-electron chi connectivity index (χ3n) is 2.65. The Hall–Kier alpha value is -1.23. The lowest BCUT2D eigenvalue weighted by Crippen LogP contribution is -2.04. The van der Waals surface area contributed by atoms with Crippen LogP contribution < -0.4 is 0 Å². The average molecular weight is 239 g/mol. The van der Waals surface area contributed by atoms with Gasteiger partial charge >= 0.3 is 5.97 Å². The summed E-state index contributed by atoms with van der Waals surface area (Å²) in [5.41, 5.74) is 1.05. The standard InChI is InChI=1S/C11H13NO3S/c13-8(5-6-10(14)15)11-12-7-3-1-2-4-9(7)16-11/h1-6H2,(H,14,15). The van der Waals surface area contributed by atoms with Gasteiger partial charge in [-0.25, -0.2) is 4.98 Å². The number of nitrogens with zero attached hydrogens (tertiary/aromatic N) is 1. The first kappa shape index (κ1) is 11.3. The third kappa shape index (κ3) is 2.47. The Morgan fingerprint density at radius 1 is 1.25 bits per heavy atom. The first-order chi connectivity index (χ1) is 7.66. The molecule has 1 aliphatic rings. The number of fused-ring (bicyclic) bond motifs is 1. The van der Waals surface area contributed by atoms with Gasteiger partial charge in [-0.05, 0) is 25.7 Å². The smallest absolute Gasteiger partial charge is 0.303 e. The quantitative estimate of drug-likeness (QED) is 0.817. The van der Waals surface area contributed by atoms with E-state index in [1.54, 1.807) is 0 Å². The molecule has 0 bridgehead atoms. The number of carboxylic acids is 1. The molecule has 0 aromatic carbocycles. The van der Waals surface area contributed by atoms with E-state index in [0.717, 1.165) is 31.4 Å². The summed E-state index contributed by atoms with van der Waals surface area (Å²) in [5.74, 6) is -1.07. The van der Waals surface area contributed by atoms with Crippen LogP contribution in [0.1, 0.15) is 46.1 Å². The summed E-state index contributed by atoms with van der Waals surface area (Å²) in [6, 6.07) is 0. The molecule has 0 fully saturated rings. The van der Waals surface area contributed by atoms with Gasteiger partial charge in [0.1, 0.15) is 0 Å². The highest BCUT2D eigenvalue weighted by molar-refractivity contribution is 7.13. The van der Waals surface area contributed by atoms with Crippen LogP contribution in [0.15, 0.2) is 0 Å². The summed E-state index contributed by atoms with van der Waals surface area (Å²) in [7, 11) is 0. The summed E-state index contributed by atoms with van der Waals surface area (Å²) in [6.07, 6.45) is 4.22. The number of Topliss-reactive ketones (excluding diaryl/α,β-unsaturated/α-hetero) is 1. The van der Waals surface area contributed by atoms with Crippen molar-refractivity contribution in [3.05, 3.63) is 15.6 Å². The highest BCUT2D eigenvalue weighted by Crippen LogP contribution is 2.27. The van der Waals surface area contributed by atoms with E-state index in [2.05, 4.69) is 4.98 Å². The number of carbonyl (C=O) groups is 2. The minimum absolute atomic E-state index is 0.0573. The molecule has 0 aliphatic heterocycles. The molecular weight excluding hydrogens is 226 g/mol. The van der Waals surface area contributed by atoms with Gasteiger partial charge in [-0.3, -0.25) is 9.59 Å². The number of hydrogen-bond acceptors (Lipinski definition) is 4. The van der Waals surface area contributed by atoms with Crippen molar-refractivity contribution >= 4 is 23.1 Å². The Bertz CT molecular complexity index is 401. The summed E-state index contributed by atoms with van der Waals surface area (Å²) in [5, 5.41) is 9.00. The molecule has 16 heavy (non-hydrogen) atoms. The van der Waals surface area contributed by atoms with Gasteiger partial charge in [0.25, 0.3) is 0 Å². The van der Waals surface area contributed by atoms with Crippen LogP contribution >= 0.6 is 11.3 Å². The van der Waals surface area contributed by atoms with Crippen molar-refractivity contribution in [1.82, 2.24) is 4.98 Å². The number of ketones is 1. The van der Waals surface area contributed by atoms with Crippen LogP contribution in [0.5, 0.6) is 0 Å². The van der Waals surface area contributed by atoms with Crippen LogP contribution in [0.25, 0.3) is 0 Å². The molecule has 5 heteroatoms. The Balaban J connectivity index is 2.06. The molecular formula is C11H13NO3S. The first-order valence-electron chi connectivity index (χ1n) is 5.40. The van der Waals surface area contributed by atoms with E-state index in [0.29, 0.717) is 5.01 Å². The lowest BCUT2D eigenvalue weighted by molar-refractivity contribution is -0.136. The first-order valence-corrected chi connectivity index (χ1v) is 6.22. The molecule has 1 aromatic rings. The molecule has 0 atom stereocenters. The molecule has 1 N–H and O–H groups in total. The second-order valence-corrected chi connectivity index (χ2v) is 5.00. The second-order valence-electron chi connectivity index (χ2n) is 3.91. The molecule has 2 rings (SSSR count). The van der Waals surface area contributed by atoms with Crippen molar-refractivity contribution in [2.75, 3.05) is 0 Å². The molecule has 86 valence electrons. The Morgan fingerprint density at radius 2 is 2.00 bits per heavy atom. The van der Waals surface area contributed by atoms with E-state index in [-0.39, 0.29) is 18.6 Å². The van der Waals surface area contributed by atoms with Crippen LogP contribution in [-0.2, 0) is 17.6 Å². The minimum atomic E-state index is -0.935. The van der Waals surface area contributed by atoms with E-state index < -0.39 is 5.97 Å². The number of aliphatic carboxylic acids is 1. The fourth-order valence-corrected chi connectivity index (χ4v) is 2.92. The van der Waals surface area contributed by atoms with Gasteiger partial charge in [-0.15, -0.1) is 11.3 Å². The van der Waals surface area contributed by atoms with E-state index in [1.807, 2.05) is 0 Å². The summed E-state index contributed by atoms with van der Waals surface area (Å²) in [4.78, 5) is 27.5. The van der Waals surface area contributed by atoms with Crippen LogP contribution in [0.2, 0.25) is 0 Å². The number of rotatable bonds is 4. The third-order valence-corrected chi connectivity index (χ3v) is 3.85.